The number of rotatable bonds is 6. The van der Waals surface area contributed by atoms with E-state index in [0.717, 1.165) is 17.7 Å². The summed E-state index contributed by atoms with van der Waals surface area (Å²) < 4.78 is 43.7. The molecule has 0 amide bonds. The number of hydrogen-bond donors (Lipinski definition) is 3. The van der Waals surface area contributed by atoms with Gasteiger partial charge < -0.3 is 24.7 Å². The first-order chi connectivity index (χ1) is 14.4. The Hall–Kier alpha value is -3.27. The molecule has 3 N–H and O–H groups in total. The molecule has 1 saturated heterocycles. The van der Waals surface area contributed by atoms with Crippen LogP contribution in [0.15, 0.2) is 48.5 Å². The lowest BCUT2D eigenvalue weighted by atomic mass is 10.1. The van der Waals surface area contributed by atoms with E-state index in [-0.39, 0.29) is 19.0 Å². The van der Waals surface area contributed by atoms with E-state index in [9.17, 15) is 23.1 Å². The fraction of sp³-hybridized carbons (Fsp3) is 0.333. The molecule has 0 aromatic heterocycles. The largest absolute Gasteiger partial charge is 0.478 e. The van der Waals surface area contributed by atoms with Gasteiger partial charge in [0.15, 0.2) is 5.60 Å². The van der Waals surface area contributed by atoms with E-state index in [1.54, 1.807) is 24.3 Å². The predicted molar refractivity (Wildman–Crippen MR) is 107 cm³/mol. The fourth-order valence-corrected chi connectivity index (χ4v) is 3.08. The third-order valence-electron chi connectivity index (χ3n) is 4.90. The predicted octanol–water partition coefficient (Wildman–Crippen LogP) is 3.52. The van der Waals surface area contributed by atoms with Gasteiger partial charge >= 0.3 is 12.1 Å². The highest BCUT2D eigenvalue weighted by Crippen LogP contribution is 2.32. The Labute approximate surface area is 176 Å². The monoisotopic (exact) mass is 437 g/mol. The molecule has 0 radical (unpaired) electrons. The highest BCUT2D eigenvalue weighted by molar-refractivity contribution is 5.96. The van der Waals surface area contributed by atoms with Gasteiger partial charge in [-0.15, -0.1) is 0 Å². The number of hydrogen-bond acceptors (Lipinski definition) is 4. The molecule has 10 heteroatoms. The van der Waals surface area contributed by atoms with Gasteiger partial charge in [0, 0.05) is 12.2 Å². The lowest BCUT2D eigenvalue weighted by Crippen LogP contribution is -2.37. The SMILES string of the molecule is CC(C)(Oc1ccc(CN2C(=N)N(c3ccc(C(F)(F)F)cc3)CC2O)cc1)C(=O)O. The molecule has 7 nitrogen and oxygen atoms in total. The van der Waals surface area contributed by atoms with Gasteiger partial charge in [-0.25, -0.2) is 4.79 Å². The van der Waals surface area contributed by atoms with Gasteiger partial charge in [-0.1, -0.05) is 12.1 Å². The normalized spacial score (nSPS) is 17.2. The van der Waals surface area contributed by atoms with Crippen LogP contribution in [0, 0.1) is 5.41 Å². The number of nitrogens with zero attached hydrogens (tertiary/aromatic N) is 2. The number of guanidine groups is 1. The lowest BCUT2D eigenvalue weighted by molar-refractivity contribution is -0.152. The van der Waals surface area contributed by atoms with Crippen LogP contribution in [0.4, 0.5) is 18.9 Å². The van der Waals surface area contributed by atoms with E-state index in [1.165, 1.54) is 35.8 Å². The van der Waals surface area contributed by atoms with E-state index < -0.39 is 29.5 Å². The molecule has 1 aliphatic rings. The molecule has 1 atom stereocenters. The van der Waals surface area contributed by atoms with Gasteiger partial charge in [-0.3, -0.25) is 5.41 Å². The number of carboxylic acid groups (broad SMARTS) is 1. The first-order valence-electron chi connectivity index (χ1n) is 9.38. The zero-order valence-corrected chi connectivity index (χ0v) is 16.8. The summed E-state index contributed by atoms with van der Waals surface area (Å²) in [6.45, 7) is 3.08. The first-order valence-corrected chi connectivity index (χ1v) is 9.38. The number of aliphatic carboxylic acids is 1. The Morgan fingerprint density at radius 3 is 2.23 bits per heavy atom. The van der Waals surface area contributed by atoms with E-state index in [2.05, 4.69) is 0 Å². The number of carbonyl (C=O) groups is 1. The molecule has 0 aliphatic carbocycles. The number of nitrogens with one attached hydrogen (secondary N) is 1. The number of aliphatic hydroxyl groups is 1. The van der Waals surface area contributed by atoms with Crippen LogP contribution in [-0.2, 0) is 17.5 Å². The third kappa shape index (κ3) is 4.91. The maximum absolute atomic E-state index is 12.8. The number of halogens is 3. The number of carboxylic acids is 1. The standard InChI is InChI=1S/C21H22F3N3O4/c1-20(2,18(29)30)31-16-9-3-13(4-10-16)11-27-17(28)12-26(19(27)25)15-7-5-14(6-8-15)21(22,23)24/h3-10,17,25,28H,11-12H2,1-2H3,(H,29,30). The summed E-state index contributed by atoms with van der Waals surface area (Å²) in [5.41, 5.74) is -1.07. The van der Waals surface area contributed by atoms with Gasteiger partial charge in [0.25, 0.3) is 0 Å². The van der Waals surface area contributed by atoms with Crippen LogP contribution in [0.2, 0.25) is 0 Å². The lowest BCUT2D eigenvalue weighted by Gasteiger charge is -2.24. The first kappa shape index (κ1) is 22.4. The second-order valence-electron chi connectivity index (χ2n) is 7.65. The second kappa shape index (κ2) is 8.10. The van der Waals surface area contributed by atoms with Crippen LogP contribution in [0.3, 0.4) is 0 Å². The Morgan fingerprint density at radius 2 is 1.71 bits per heavy atom. The summed E-state index contributed by atoms with van der Waals surface area (Å²) >= 11 is 0. The Morgan fingerprint density at radius 1 is 1.13 bits per heavy atom. The topological polar surface area (TPSA) is 97.1 Å². The van der Waals surface area contributed by atoms with Crippen molar-refractivity contribution in [3.05, 3.63) is 59.7 Å². The molecular formula is C21H22F3N3O4. The highest BCUT2D eigenvalue weighted by Gasteiger charge is 2.35. The molecule has 1 aliphatic heterocycles. The van der Waals surface area contributed by atoms with Crippen LogP contribution < -0.4 is 9.64 Å². The molecule has 2 aromatic rings. The molecule has 2 aromatic carbocycles. The van der Waals surface area contributed by atoms with Crippen molar-refractivity contribution in [3.8, 4) is 5.75 Å². The summed E-state index contributed by atoms with van der Waals surface area (Å²) in [5.74, 6) is -0.784. The summed E-state index contributed by atoms with van der Waals surface area (Å²) in [6, 6.07) is 11.0. The van der Waals surface area contributed by atoms with Crippen LogP contribution in [-0.4, -0.2) is 45.4 Å². The zero-order valence-electron chi connectivity index (χ0n) is 16.8. The average molecular weight is 437 g/mol. The summed E-state index contributed by atoms with van der Waals surface area (Å²) in [4.78, 5) is 14.0. The Kier molecular flexibility index (Phi) is 5.86. The Balaban J connectivity index is 1.69. The van der Waals surface area contributed by atoms with Gasteiger partial charge in [-0.05, 0) is 55.8 Å². The third-order valence-corrected chi connectivity index (χ3v) is 4.90. The summed E-state index contributed by atoms with van der Waals surface area (Å²) in [5, 5.41) is 27.9. The minimum absolute atomic E-state index is 0.0399. The molecular weight excluding hydrogens is 415 g/mol. The van der Waals surface area contributed by atoms with Crippen molar-refractivity contribution in [3.63, 3.8) is 0 Å². The molecule has 0 spiro atoms. The number of anilines is 1. The maximum Gasteiger partial charge on any atom is 0.416 e. The molecule has 1 fully saturated rings. The number of benzene rings is 2. The quantitative estimate of drug-likeness (QED) is 0.640. The summed E-state index contributed by atoms with van der Waals surface area (Å²) in [6.07, 6.45) is -5.46. The van der Waals surface area contributed by atoms with Gasteiger partial charge in [0.1, 0.15) is 12.0 Å². The highest BCUT2D eigenvalue weighted by atomic mass is 19.4. The van der Waals surface area contributed by atoms with Crippen molar-refractivity contribution in [2.24, 2.45) is 0 Å². The molecule has 0 saturated carbocycles. The molecule has 31 heavy (non-hydrogen) atoms. The zero-order chi connectivity index (χ0) is 23.0. The van der Waals surface area contributed by atoms with Crippen molar-refractivity contribution in [2.45, 2.75) is 38.4 Å². The van der Waals surface area contributed by atoms with Crippen LogP contribution in [0.25, 0.3) is 0 Å². The molecule has 1 unspecified atom stereocenters. The van der Waals surface area contributed by atoms with E-state index >= 15 is 0 Å². The van der Waals surface area contributed by atoms with Gasteiger partial charge in [0.2, 0.25) is 5.96 Å². The van der Waals surface area contributed by atoms with E-state index in [0.29, 0.717) is 11.4 Å². The van der Waals surface area contributed by atoms with Crippen LogP contribution in [0.5, 0.6) is 5.75 Å². The second-order valence-corrected chi connectivity index (χ2v) is 7.65. The molecule has 0 bridgehead atoms. The molecule has 1 heterocycles. The van der Waals surface area contributed by atoms with Crippen molar-refractivity contribution < 1.29 is 32.9 Å². The van der Waals surface area contributed by atoms with E-state index in [1.807, 2.05) is 0 Å². The van der Waals surface area contributed by atoms with Crippen molar-refractivity contribution in [1.82, 2.24) is 4.90 Å². The minimum atomic E-state index is -4.45. The van der Waals surface area contributed by atoms with Crippen molar-refractivity contribution >= 4 is 17.6 Å². The van der Waals surface area contributed by atoms with Crippen molar-refractivity contribution in [2.75, 3.05) is 11.4 Å². The van der Waals surface area contributed by atoms with Crippen LogP contribution >= 0.6 is 0 Å². The number of β-amino-alcohol motifs (C(OH)–C–C–N with tert-alkyl or cyclic N) is 1. The molecule has 3 rings (SSSR count). The van der Waals surface area contributed by atoms with Crippen molar-refractivity contribution in [1.29, 1.82) is 5.41 Å². The van der Waals surface area contributed by atoms with Gasteiger partial charge in [-0.2, -0.15) is 13.2 Å². The smallest absolute Gasteiger partial charge is 0.416 e. The van der Waals surface area contributed by atoms with E-state index in [4.69, 9.17) is 15.3 Å². The Bertz CT molecular complexity index is 959. The molecule has 166 valence electrons. The van der Waals surface area contributed by atoms with Crippen LogP contribution in [0.1, 0.15) is 25.0 Å². The van der Waals surface area contributed by atoms with Gasteiger partial charge in [0.05, 0.1) is 12.1 Å². The average Bonchev–Trinajstić information content (AvgIpc) is 2.97. The number of ether oxygens (including phenoxy) is 1. The fourth-order valence-electron chi connectivity index (χ4n) is 3.08. The minimum Gasteiger partial charge on any atom is -0.478 e. The summed E-state index contributed by atoms with van der Waals surface area (Å²) in [7, 11) is 0. The number of aliphatic hydroxyl groups excluding tert-OH is 1. The maximum atomic E-state index is 12.8. The number of alkyl halides is 3.